The van der Waals surface area contributed by atoms with E-state index in [2.05, 4.69) is 78.1 Å². The summed E-state index contributed by atoms with van der Waals surface area (Å²) in [5.41, 5.74) is 4.64. The Morgan fingerprint density at radius 3 is 2.59 bits per heavy atom. The second-order valence-electron chi connectivity index (χ2n) is 9.15. The summed E-state index contributed by atoms with van der Waals surface area (Å²) in [6, 6.07) is 0. The second-order valence-corrected chi connectivity index (χ2v) is 10.0. The molecule has 204 valence electrons. The molecular weight excluding hydrogens is 526 g/mol. The molecule has 2 heterocycles. The highest BCUT2D eigenvalue weighted by molar-refractivity contribution is 9.10. The third-order valence-electron chi connectivity index (χ3n) is 5.73. The maximum Gasteiger partial charge on any atom is 0.223 e. The summed E-state index contributed by atoms with van der Waals surface area (Å²) in [5.74, 6) is 0.905. The molecule has 1 unspecified atom stereocenters. The fourth-order valence-electron chi connectivity index (χ4n) is 3.72. The van der Waals surface area contributed by atoms with Crippen LogP contribution in [0.25, 0.3) is 0 Å². The van der Waals surface area contributed by atoms with Crippen molar-refractivity contribution >= 4 is 33.4 Å². The molecule has 0 radical (unpaired) electrons. The summed E-state index contributed by atoms with van der Waals surface area (Å²) in [6.07, 6.45) is 18.9. The first-order valence-electron chi connectivity index (χ1n) is 13.4. The first-order chi connectivity index (χ1) is 17.8. The van der Waals surface area contributed by atoms with Gasteiger partial charge in [0.05, 0.1) is 10.7 Å². The molecule has 1 aliphatic heterocycles. The molecule has 1 aliphatic rings. The van der Waals surface area contributed by atoms with Gasteiger partial charge in [0.25, 0.3) is 0 Å². The number of unbranched alkanes of at least 4 members (excludes halogenated alkanes) is 1. The molecule has 6 nitrogen and oxygen atoms in total. The van der Waals surface area contributed by atoms with Crippen molar-refractivity contribution in [1.82, 2.24) is 20.4 Å². The minimum Gasteiger partial charge on any atom is -0.356 e. The van der Waals surface area contributed by atoms with E-state index < -0.39 is 0 Å². The van der Waals surface area contributed by atoms with E-state index in [1.54, 1.807) is 6.08 Å². The van der Waals surface area contributed by atoms with Crippen LogP contribution >= 0.6 is 15.9 Å². The summed E-state index contributed by atoms with van der Waals surface area (Å²) in [6.45, 7) is 17.7. The van der Waals surface area contributed by atoms with Crippen LogP contribution in [0.4, 0.5) is 5.82 Å². The van der Waals surface area contributed by atoms with E-state index in [9.17, 15) is 4.79 Å². The van der Waals surface area contributed by atoms with Crippen molar-refractivity contribution in [2.24, 2.45) is 4.99 Å². The zero-order chi connectivity index (χ0) is 27.6. The van der Waals surface area contributed by atoms with Gasteiger partial charge in [-0.15, -0.1) is 0 Å². The topological polar surface area (TPSA) is 71.3 Å². The summed E-state index contributed by atoms with van der Waals surface area (Å²) < 4.78 is 2.88. The summed E-state index contributed by atoms with van der Waals surface area (Å²) in [7, 11) is 0. The maximum atomic E-state index is 12.0. The number of hydrogen-bond donors (Lipinski definition) is 2. The Morgan fingerprint density at radius 1 is 1.22 bits per heavy atom. The molecule has 0 aromatic carbocycles. The average Bonchev–Trinajstić information content (AvgIpc) is 3.11. The number of carbonyl (C=O) groups is 1. The van der Waals surface area contributed by atoms with Crippen LogP contribution in [0.15, 0.2) is 75.4 Å². The van der Waals surface area contributed by atoms with E-state index >= 15 is 0 Å². The van der Waals surface area contributed by atoms with E-state index in [4.69, 9.17) is 4.99 Å². The molecule has 0 saturated carbocycles. The lowest BCUT2D eigenvalue weighted by molar-refractivity contribution is -0.120. The molecule has 1 amide bonds. The Labute approximate surface area is 232 Å². The van der Waals surface area contributed by atoms with Crippen molar-refractivity contribution in [2.45, 2.75) is 86.2 Å². The number of nitrogens with one attached hydrogen (secondary N) is 2. The highest BCUT2D eigenvalue weighted by Crippen LogP contribution is 2.33. The van der Waals surface area contributed by atoms with Gasteiger partial charge < -0.3 is 5.32 Å². The molecule has 2 N–H and O–H groups in total. The van der Waals surface area contributed by atoms with Crippen molar-refractivity contribution in [3.8, 4) is 0 Å². The molecule has 2 rings (SSSR count). The zero-order valence-electron chi connectivity index (χ0n) is 23.6. The number of aliphatic imine (C=N–C) groups is 1. The molecule has 37 heavy (non-hydrogen) atoms. The highest BCUT2D eigenvalue weighted by atomic mass is 79.9. The van der Waals surface area contributed by atoms with Crippen LogP contribution in [-0.4, -0.2) is 34.5 Å². The number of carbonyl (C=O) groups excluding carboxylic acids is 1. The zero-order valence-corrected chi connectivity index (χ0v) is 25.2. The van der Waals surface area contributed by atoms with Crippen molar-refractivity contribution in [2.75, 3.05) is 13.1 Å². The Kier molecular flexibility index (Phi) is 16.4. The van der Waals surface area contributed by atoms with Gasteiger partial charge in [0, 0.05) is 18.7 Å². The standard InChI is InChI=1S/C27H38BrN5O.C3H8/c1-6-11-20(3)13-10-14-26(34)30-18-9-8-17-29-25-16-15-24(22(5)21(4)12-7-2)32-27-23(28)19-31-33(25)27;1-3-2/h6-7,10-13,19,25,29H,1,8-9,14-18H2,2-5H3,(H,30,34);3H2,1-2H3/b12-7-,13-10-,20-11-,22-21+;. The lowest BCUT2D eigenvalue weighted by Crippen LogP contribution is -2.29. The van der Waals surface area contributed by atoms with Crippen LogP contribution in [0.1, 0.15) is 86.2 Å². The van der Waals surface area contributed by atoms with Crippen LogP contribution in [0.5, 0.6) is 0 Å². The van der Waals surface area contributed by atoms with Crippen LogP contribution in [0.2, 0.25) is 0 Å². The number of aromatic nitrogens is 2. The molecule has 7 heteroatoms. The average molecular weight is 573 g/mol. The summed E-state index contributed by atoms with van der Waals surface area (Å²) in [4.78, 5) is 16.9. The van der Waals surface area contributed by atoms with Crippen molar-refractivity contribution in [1.29, 1.82) is 0 Å². The highest BCUT2D eigenvalue weighted by Gasteiger charge is 2.22. The summed E-state index contributed by atoms with van der Waals surface area (Å²) >= 11 is 3.61. The van der Waals surface area contributed by atoms with Gasteiger partial charge in [-0.05, 0) is 87.0 Å². The Morgan fingerprint density at radius 2 is 1.92 bits per heavy atom. The van der Waals surface area contributed by atoms with Gasteiger partial charge in [-0.1, -0.05) is 68.9 Å². The van der Waals surface area contributed by atoms with Gasteiger partial charge >= 0.3 is 0 Å². The molecule has 1 aromatic heterocycles. The molecule has 0 saturated heterocycles. The van der Waals surface area contributed by atoms with Gasteiger partial charge in [0.1, 0.15) is 6.17 Å². The van der Waals surface area contributed by atoms with Crippen molar-refractivity contribution < 1.29 is 4.79 Å². The quantitative estimate of drug-likeness (QED) is 0.198. The number of amides is 1. The van der Waals surface area contributed by atoms with Crippen LogP contribution in [0.3, 0.4) is 0 Å². The van der Waals surface area contributed by atoms with Gasteiger partial charge in [-0.3, -0.25) is 10.1 Å². The van der Waals surface area contributed by atoms with Crippen LogP contribution < -0.4 is 10.6 Å². The number of rotatable bonds is 12. The minimum atomic E-state index is 0.0479. The SMILES string of the molecule is C=C/C=C(C)\C=C/CC(=O)NCCCCNC1CCC(/C(C)=C(C)/C=C\C)=Nc2c(Br)cnn21.CCC. The Bertz CT molecular complexity index is 1010. The Balaban J connectivity index is 0.00000217. The number of allylic oxidation sites excluding steroid dienone is 8. The van der Waals surface area contributed by atoms with E-state index in [0.29, 0.717) is 13.0 Å². The fourth-order valence-corrected chi connectivity index (χ4v) is 4.08. The lowest BCUT2D eigenvalue weighted by atomic mass is 10.0. The maximum absolute atomic E-state index is 12.0. The van der Waals surface area contributed by atoms with E-state index in [1.165, 1.54) is 17.6 Å². The first-order valence-corrected chi connectivity index (χ1v) is 14.1. The normalized spacial score (nSPS) is 16.5. The van der Waals surface area contributed by atoms with Crippen LogP contribution in [-0.2, 0) is 4.79 Å². The van der Waals surface area contributed by atoms with E-state index in [-0.39, 0.29) is 12.1 Å². The largest absolute Gasteiger partial charge is 0.356 e. The number of hydrogen-bond acceptors (Lipinski definition) is 4. The van der Waals surface area contributed by atoms with Gasteiger partial charge in [0.2, 0.25) is 5.91 Å². The molecule has 0 fully saturated rings. The second kappa shape index (κ2) is 18.7. The van der Waals surface area contributed by atoms with Crippen molar-refractivity contribution in [3.05, 3.63) is 70.4 Å². The first kappa shape index (κ1) is 32.5. The Hall–Kier alpha value is -2.51. The lowest BCUT2D eigenvalue weighted by Gasteiger charge is -2.18. The predicted octanol–water partition coefficient (Wildman–Crippen LogP) is 7.90. The molecule has 1 atom stereocenters. The van der Waals surface area contributed by atoms with E-state index in [0.717, 1.165) is 53.8 Å². The van der Waals surface area contributed by atoms with E-state index in [1.807, 2.05) is 43.0 Å². The fraction of sp³-hybridized carbons (Fsp3) is 0.500. The molecular formula is C30H46BrN5O. The van der Waals surface area contributed by atoms with Gasteiger partial charge in [-0.2, -0.15) is 5.10 Å². The third kappa shape index (κ3) is 12.1. The van der Waals surface area contributed by atoms with Crippen molar-refractivity contribution in [3.63, 3.8) is 0 Å². The monoisotopic (exact) mass is 571 g/mol. The van der Waals surface area contributed by atoms with Crippen LogP contribution in [0, 0.1) is 0 Å². The smallest absolute Gasteiger partial charge is 0.223 e. The molecule has 1 aromatic rings. The molecule has 0 aliphatic carbocycles. The number of fused-ring (bicyclic) bond motifs is 1. The predicted molar refractivity (Wildman–Crippen MR) is 162 cm³/mol. The third-order valence-corrected chi connectivity index (χ3v) is 6.29. The number of nitrogens with zero attached hydrogens (tertiary/aromatic N) is 3. The summed E-state index contributed by atoms with van der Waals surface area (Å²) in [5, 5.41) is 11.2. The number of halogens is 1. The minimum absolute atomic E-state index is 0.0479. The molecule has 0 bridgehead atoms. The molecule has 0 spiro atoms. The van der Waals surface area contributed by atoms with Gasteiger partial charge in [0.15, 0.2) is 5.82 Å². The van der Waals surface area contributed by atoms with Gasteiger partial charge in [-0.25, -0.2) is 9.67 Å².